The Morgan fingerprint density at radius 2 is 1.82 bits per heavy atom. The lowest BCUT2D eigenvalue weighted by molar-refractivity contribution is -0.121. The van der Waals surface area contributed by atoms with Gasteiger partial charge in [0.25, 0.3) is 21.8 Å². The molecular weight excluding hydrogens is 448 g/mol. The standard InChI is InChI=1S/C22H28N4O6S/c1-3-5-20(27)23-11-10-16-6-4-7-18(14-16)33(30,31)26-21(28)17-8-9-19(25-15-17)22(29)24-12-13-32-2/h4,6-9,14-15H,3,5,10-13H2,1-2H3,(H,23,27)(H,24,29)(H,26,28). The highest BCUT2D eigenvalue weighted by molar-refractivity contribution is 7.90. The average molecular weight is 477 g/mol. The van der Waals surface area contributed by atoms with E-state index >= 15 is 0 Å². The zero-order valence-electron chi connectivity index (χ0n) is 18.6. The van der Waals surface area contributed by atoms with Gasteiger partial charge in [-0.3, -0.25) is 19.4 Å². The quantitative estimate of drug-likeness (QED) is 0.388. The minimum absolute atomic E-state index is 0.0122. The van der Waals surface area contributed by atoms with E-state index in [1.807, 2.05) is 11.6 Å². The van der Waals surface area contributed by atoms with Crippen molar-refractivity contribution >= 4 is 27.7 Å². The van der Waals surface area contributed by atoms with Gasteiger partial charge in [0.2, 0.25) is 5.91 Å². The van der Waals surface area contributed by atoms with Gasteiger partial charge in [-0.25, -0.2) is 13.1 Å². The van der Waals surface area contributed by atoms with E-state index in [9.17, 15) is 22.8 Å². The Bertz CT molecular complexity index is 1070. The molecule has 2 rings (SSSR count). The molecule has 1 aromatic carbocycles. The van der Waals surface area contributed by atoms with Crippen molar-refractivity contribution in [3.05, 3.63) is 59.4 Å². The van der Waals surface area contributed by atoms with Crippen molar-refractivity contribution in [2.24, 2.45) is 0 Å². The average Bonchev–Trinajstić information content (AvgIpc) is 2.79. The van der Waals surface area contributed by atoms with Crippen molar-refractivity contribution in [1.82, 2.24) is 20.3 Å². The van der Waals surface area contributed by atoms with Crippen molar-refractivity contribution in [2.45, 2.75) is 31.1 Å². The Labute approximate surface area is 193 Å². The number of aromatic nitrogens is 1. The van der Waals surface area contributed by atoms with Crippen LogP contribution in [-0.4, -0.2) is 57.9 Å². The second-order valence-corrected chi connectivity index (χ2v) is 8.80. The largest absolute Gasteiger partial charge is 0.383 e. The predicted molar refractivity (Wildman–Crippen MR) is 121 cm³/mol. The fourth-order valence-corrected chi connectivity index (χ4v) is 3.83. The molecule has 0 saturated heterocycles. The molecule has 0 saturated carbocycles. The second kappa shape index (κ2) is 12.7. The predicted octanol–water partition coefficient (Wildman–Crippen LogP) is 1.04. The number of rotatable bonds is 12. The molecule has 3 amide bonds. The van der Waals surface area contributed by atoms with Crippen LogP contribution in [-0.2, 0) is 26.0 Å². The first-order valence-corrected chi connectivity index (χ1v) is 11.9. The van der Waals surface area contributed by atoms with Gasteiger partial charge in [-0.1, -0.05) is 19.1 Å². The number of pyridine rings is 1. The number of nitrogens with zero attached hydrogens (tertiary/aromatic N) is 1. The fraction of sp³-hybridized carbons (Fsp3) is 0.364. The molecule has 0 radical (unpaired) electrons. The van der Waals surface area contributed by atoms with Gasteiger partial charge in [-0.2, -0.15) is 0 Å². The maximum Gasteiger partial charge on any atom is 0.269 e. The van der Waals surface area contributed by atoms with Crippen LogP contribution in [0.2, 0.25) is 0 Å². The lowest BCUT2D eigenvalue weighted by Gasteiger charge is -2.10. The van der Waals surface area contributed by atoms with Gasteiger partial charge < -0.3 is 15.4 Å². The number of carbonyl (C=O) groups excluding carboxylic acids is 3. The molecule has 0 fully saturated rings. The number of benzene rings is 1. The van der Waals surface area contributed by atoms with E-state index in [1.165, 1.54) is 31.4 Å². The molecule has 178 valence electrons. The number of methoxy groups -OCH3 is 1. The molecule has 0 spiro atoms. The van der Waals surface area contributed by atoms with Crippen molar-refractivity contribution in [3.8, 4) is 0 Å². The molecule has 11 heteroatoms. The SMILES string of the molecule is CCCC(=O)NCCc1cccc(S(=O)(=O)NC(=O)c2ccc(C(=O)NCCOC)nc2)c1. The van der Waals surface area contributed by atoms with Crippen LogP contribution in [0, 0.1) is 0 Å². The van der Waals surface area contributed by atoms with Gasteiger partial charge in [0.1, 0.15) is 5.69 Å². The number of nitrogens with one attached hydrogen (secondary N) is 3. The highest BCUT2D eigenvalue weighted by Crippen LogP contribution is 2.13. The normalized spacial score (nSPS) is 11.0. The van der Waals surface area contributed by atoms with Crippen LogP contribution in [0.5, 0.6) is 0 Å². The molecule has 1 heterocycles. The molecule has 0 atom stereocenters. The molecule has 33 heavy (non-hydrogen) atoms. The molecule has 0 unspecified atom stereocenters. The topological polar surface area (TPSA) is 144 Å². The summed E-state index contributed by atoms with van der Waals surface area (Å²) in [6.07, 6.45) is 2.77. The van der Waals surface area contributed by atoms with Crippen molar-refractivity contribution in [2.75, 3.05) is 26.8 Å². The first-order valence-electron chi connectivity index (χ1n) is 10.4. The van der Waals surface area contributed by atoms with Crippen LogP contribution in [0.3, 0.4) is 0 Å². The monoisotopic (exact) mass is 476 g/mol. The van der Waals surface area contributed by atoms with Gasteiger partial charge in [0.05, 0.1) is 17.1 Å². The van der Waals surface area contributed by atoms with E-state index in [0.29, 0.717) is 38.1 Å². The van der Waals surface area contributed by atoms with Crippen LogP contribution in [0.25, 0.3) is 0 Å². The fourth-order valence-electron chi connectivity index (χ4n) is 2.79. The number of sulfonamides is 1. The summed E-state index contributed by atoms with van der Waals surface area (Å²) < 4.78 is 32.2. The minimum Gasteiger partial charge on any atom is -0.383 e. The van der Waals surface area contributed by atoms with Crippen LogP contribution in [0.4, 0.5) is 0 Å². The number of ether oxygens (including phenoxy) is 1. The van der Waals surface area contributed by atoms with Crippen LogP contribution >= 0.6 is 0 Å². The maximum atomic E-state index is 12.7. The zero-order valence-corrected chi connectivity index (χ0v) is 19.4. The van der Waals surface area contributed by atoms with Crippen LogP contribution in [0.1, 0.15) is 46.2 Å². The lowest BCUT2D eigenvalue weighted by Crippen LogP contribution is -2.31. The van der Waals surface area contributed by atoms with Gasteiger partial charge in [-0.15, -0.1) is 0 Å². The van der Waals surface area contributed by atoms with E-state index in [0.717, 1.165) is 12.6 Å². The highest BCUT2D eigenvalue weighted by atomic mass is 32.2. The molecule has 0 aliphatic carbocycles. The molecule has 2 aromatic rings. The van der Waals surface area contributed by atoms with Crippen LogP contribution < -0.4 is 15.4 Å². The molecule has 1 aromatic heterocycles. The smallest absolute Gasteiger partial charge is 0.269 e. The lowest BCUT2D eigenvalue weighted by atomic mass is 10.1. The Morgan fingerprint density at radius 1 is 1.03 bits per heavy atom. The third-order valence-electron chi connectivity index (χ3n) is 4.50. The Balaban J connectivity index is 2.00. The number of carbonyl (C=O) groups is 3. The second-order valence-electron chi connectivity index (χ2n) is 7.11. The summed E-state index contributed by atoms with van der Waals surface area (Å²) >= 11 is 0. The summed E-state index contributed by atoms with van der Waals surface area (Å²) in [5.74, 6) is -1.36. The molecule has 0 aliphatic heterocycles. The first-order chi connectivity index (χ1) is 15.8. The molecular formula is C22H28N4O6S. The van der Waals surface area contributed by atoms with Gasteiger partial charge in [0, 0.05) is 32.8 Å². The van der Waals surface area contributed by atoms with Crippen LogP contribution in [0.15, 0.2) is 47.5 Å². The Morgan fingerprint density at radius 3 is 2.48 bits per heavy atom. The third-order valence-corrected chi connectivity index (χ3v) is 5.83. The molecule has 0 aliphatic rings. The van der Waals surface area contributed by atoms with E-state index < -0.39 is 21.8 Å². The summed E-state index contributed by atoms with van der Waals surface area (Å²) in [5, 5.41) is 5.37. The number of hydrogen-bond donors (Lipinski definition) is 3. The number of hydrogen-bond acceptors (Lipinski definition) is 7. The summed E-state index contributed by atoms with van der Waals surface area (Å²) in [6.45, 7) is 2.94. The van der Waals surface area contributed by atoms with Gasteiger partial charge >= 0.3 is 0 Å². The number of amides is 3. The molecule has 10 nitrogen and oxygen atoms in total. The van der Waals surface area contributed by atoms with E-state index in [2.05, 4.69) is 15.6 Å². The third kappa shape index (κ3) is 8.28. The summed E-state index contributed by atoms with van der Waals surface area (Å²) in [7, 11) is -2.62. The summed E-state index contributed by atoms with van der Waals surface area (Å²) in [5.41, 5.74) is 0.777. The molecule has 3 N–H and O–H groups in total. The van der Waals surface area contributed by atoms with Crippen molar-refractivity contribution < 1.29 is 27.5 Å². The van der Waals surface area contributed by atoms with Gasteiger partial charge in [0.15, 0.2) is 0 Å². The maximum absolute atomic E-state index is 12.7. The summed E-state index contributed by atoms with van der Waals surface area (Å²) in [6, 6.07) is 8.79. The van der Waals surface area contributed by atoms with E-state index in [4.69, 9.17) is 4.74 Å². The van der Waals surface area contributed by atoms with Crippen molar-refractivity contribution in [1.29, 1.82) is 0 Å². The van der Waals surface area contributed by atoms with E-state index in [-0.39, 0.29) is 22.1 Å². The highest BCUT2D eigenvalue weighted by Gasteiger charge is 2.20. The summed E-state index contributed by atoms with van der Waals surface area (Å²) in [4.78, 5) is 39.8. The van der Waals surface area contributed by atoms with E-state index in [1.54, 1.807) is 12.1 Å². The zero-order chi connectivity index (χ0) is 24.3. The minimum atomic E-state index is -4.13. The molecule has 0 bridgehead atoms. The Hall–Kier alpha value is -3.31. The first kappa shape index (κ1) is 25.9. The Kier molecular flexibility index (Phi) is 9.95. The van der Waals surface area contributed by atoms with Gasteiger partial charge in [-0.05, 0) is 42.7 Å². The van der Waals surface area contributed by atoms with Crippen molar-refractivity contribution in [3.63, 3.8) is 0 Å².